The van der Waals surface area contributed by atoms with E-state index in [-0.39, 0.29) is 12.5 Å². The lowest BCUT2D eigenvalue weighted by Gasteiger charge is -2.35. The van der Waals surface area contributed by atoms with Crippen molar-refractivity contribution < 1.29 is 14.7 Å². The third-order valence-electron chi connectivity index (χ3n) is 3.49. The highest BCUT2D eigenvalue weighted by Gasteiger charge is 2.49. The molecule has 3 atom stereocenters. The van der Waals surface area contributed by atoms with Crippen LogP contribution in [0.3, 0.4) is 0 Å². The molecule has 0 aromatic carbocycles. The van der Waals surface area contributed by atoms with Gasteiger partial charge < -0.3 is 20.2 Å². The normalized spacial score (nSPS) is 28.6. The lowest BCUT2D eigenvalue weighted by molar-refractivity contribution is -0.126. The van der Waals surface area contributed by atoms with Crippen molar-refractivity contribution in [2.24, 2.45) is 4.99 Å². The minimum atomic E-state index is -0.600. The van der Waals surface area contributed by atoms with Crippen molar-refractivity contribution in [2.45, 2.75) is 32.2 Å². The van der Waals surface area contributed by atoms with Gasteiger partial charge in [0.15, 0.2) is 12.0 Å². The fraction of sp³-hybridized carbons (Fsp3) is 0.615. The summed E-state index contributed by atoms with van der Waals surface area (Å²) in [5.41, 5.74) is 0. The number of fused-ring (bicyclic) bond motifs is 1. The number of amides is 3. The van der Waals surface area contributed by atoms with Gasteiger partial charge in [-0.1, -0.05) is 17.7 Å². The van der Waals surface area contributed by atoms with Gasteiger partial charge in [0.2, 0.25) is 0 Å². The average Bonchev–Trinajstić information content (AvgIpc) is 2.79. The Balaban J connectivity index is 2.30. The van der Waals surface area contributed by atoms with Crippen LogP contribution < -0.4 is 10.6 Å². The van der Waals surface area contributed by atoms with Crippen LogP contribution in [0.4, 0.5) is 4.79 Å². The minimum absolute atomic E-state index is 0.196. The van der Waals surface area contributed by atoms with E-state index in [1.807, 2.05) is 0 Å². The molecule has 0 spiro atoms. The second kappa shape index (κ2) is 6.53. The molecule has 0 radical (unpaired) electrons. The summed E-state index contributed by atoms with van der Waals surface area (Å²) in [6, 6.07) is -1.05. The van der Waals surface area contributed by atoms with Gasteiger partial charge >= 0.3 is 6.03 Å². The van der Waals surface area contributed by atoms with Crippen molar-refractivity contribution in [2.75, 3.05) is 20.1 Å². The van der Waals surface area contributed by atoms with E-state index in [9.17, 15) is 14.7 Å². The van der Waals surface area contributed by atoms with Crippen molar-refractivity contribution in [1.29, 1.82) is 0 Å². The number of aliphatic hydroxyl groups is 1. The number of rotatable bonds is 4. The summed E-state index contributed by atoms with van der Waals surface area (Å²) in [4.78, 5) is 31.3. The number of hydrogen-bond acceptors (Lipinski definition) is 4. The summed E-state index contributed by atoms with van der Waals surface area (Å²) in [5, 5.41) is 15.4. The molecule has 122 valence electrons. The van der Waals surface area contributed by atoms with Crippen LogP contribution in [0.5, 0.6) is 0 Å². The number of urea groups is 1. The summed E-state index contributed by atoms with van der Waals surface area (Å²) in [6.45, 7) is 3.94. The Morgan fingerprint density at radius 2 is 2.23 bits per heavy atom. The van der Waals surface area contributed by atoms with Gasteiger partial charge in [-0.15, -0.1) is 0 Å². The van der Waals surface area contributed by atoms with Crippen LogP contribution in [-0.2, 0) is 4.79 Å². The first-order valence-corrected chi connectivity index (χ1v) is 7.34. The molecule has 0 aromatic heterocycles. The Morgan fingerprint density at radius 3 is 2.82 bits per heavy atom. The van der Waals surface area contributed by atoms with Gasteiger partial charge in [0.05, 0.1) is 12.6 Å². The maximum Gasteiger partial charge on any atom is 0.325 e. The number of aliphatic hydroxyl groups excluding tert-OH is 1. The molecule has 0 aliphatic carbocycles. The molecule has 8 nitrogen and oxygen atoms in total. The average molecular weight is 330 g/mol. The molecule has 2 saturated heterocycles. The quantitative estimate of drug-likeness (QED) is 0.655. The summed E-state index contributed by atoms with van der Waals surface area (Å²) >= 11 is 5.86. The van der Waals surface area contributed by atoms with E-state index in [4.69, 9.17) is 11.6 Å². The molecule has 0 bridgehead atoms. The Hall–Kier alpha value is -1.80. The summed E-state index contributed by atoms with van der Waals surface area (Å²) in [7, 11) is 1.60. The number of guanidine groups is 1. The molecule has 0 saturated carbocycles. The third-order valence-corrected chi connectivity index (χ3v) is 3.65. The third kappa shape index (κ3) is 3.33. The molecule has 2 heterocycles. The van der Waals surface area contributed by atoms with Crippen LogP contribution in [0.1, 0.15) is 13.8 Å². The van der Waals surface area contributed by atoms with Crippen molar-refractivity contribution in [3.63, 3.8) is 0 Å². The second-order valence-electron chi connectivity index (χ2n) is 5.40. The number of hydrogen-bond donors (Lipinski definition) is 3. The van der Waals surface area contributed by atoms with Crippen LogP contribution in [0.25, 0.3) is 0 Å². The van der Waals surface area contributed by atoms with Gasteiger partial charge in [-0.2, -0.15) is 0 Å². The highest BCUT2D eigenvalue weighted by molar-refractivity contribution is 6.29. The van der Waals surface area contributed by atoms with Crippen molar-refractivity contribution >= 4 is 29.5 Å². The molecular formula is C13H20ClN5O3. The zero-order valence-corrected chi connectivity index (χ0v) is 13.5. The van der Waals surface area contributed by atoms with Gasteiger partial charge in [-0.25, -0.2) is 4.79 Å². The minimum Gasteiger partial charge on any atom is -0.391 e. The van der Waals surface area contributed by atoms with E-state index < -0.39 is 24.3 Å². The second-order valence-corrected chi connectivity index (χ2v) is 5.99. The van der Waals surface area contributed by atoms with Crippen LogP contribution >= 0.6 is 11.6 Å². The number of allylic oxidation sites excluding steroid dienone is 1. The van der Waals surface area contributed by atoms with E-state index in [0.717, 1.165) is 0 Å². The molecule has 2 aliphatic heterocycles. The summed E-state index contributed by atoms with van der Waals surface area (Å²) in [6.07, 6.45) is 0.656. The van der Waals surface area contributed by atoms with Crippen molar-refractivity contribution in [3.8, 4) is 0 Å². The van der Waals surface area contributed by atoms with Crippen molar-refractivity contribution in [1.82, 2.24) is 20.4 Å². The predicted molar refractivity (Wildman–Crippen MR) is 82.3 cm³/mol. The molecule has 3 amide bonds. The van der Waals surface area contributed by atoms with E-state index in [2.05, 4.69) is 15.6 Å². The Kier molecular flexibility index (Phi) is 4.92. The van der Waals surface area contributed by atoms with Crippen molar-refractivity contribution in [3.05, 3.63) is 11.1 Å². The number of nitrogens with zero attached hydrogens (tertiary/aromatic N) is 3. The summed E-state index contributed by atoms with van der Waals surface area (Å²) < 4.78 is 0. The lowest BCUT2D eigenvalue weighted by atomic mass is 10.1. The highest BCUT2D eigenvalue weighted by atomic mass is 35.5. The fourth-order valence-corrected chi connectivity index (χ4v) is 2.43. The topological polar surface area (TPSA) is 97.3 Å². The Bertz CT molecular complexity index is 530. The van der Waals surface area contributed by atoms with Gasteiger partial charge in [0.25, 0.3) is 5.91 Å². The van der Waals surface area contributed by atoms with Crippen LogP contribution in [0.15, 0.2) is 16.1 Å². The van der Waals surface area contributed by atoms with E-state index in [1.165, 1.54) is 4.90 Å². The van der Waals surface area contributed by atoms with E-state index in [0.29, 0.717) is 17.5 Å². The van der Waals surface area contributed by atoms with Crippen LogP contribution in [0.2, 0.25) is 0 Å². The first-order valence-electron chi connectivity index (χ1n) is 6.97. The van der Waals surface area contributed by atoms with E-state index >= 15 is 0 Å². The van der Waals surface area contributed by atoms with Gasteiger partial charge in [0, 0.05) is 18.6 Å². The first-order chi connectivity index (χ1) is 10.3. The number of carbonyl (C=O) groups excluding carboxylic acids is 2. The monoisotopic (exact) mass is 329 g/mol. The summed E-state index contributed by atoms with van der Waals surface area (Å²) in [5.74, 6) is 0.0743. The first kappa shape index (κ1) is 16.6. The predicted octanol–water partition coefficient (Wildman–Crippen LogP) is -0.353. The molecule has 2 aliphatic rings. The number of carbonyl (C=O) groups is 2. The molecule has 3 N–H and O–H groups in total. The SMILES string of the molecule is C/C(Cl)=C/CN1C(=NCC(C)O)NC2C1C(=O)NC(=O)N2C. The molecule has 22 heavy (non-hydrogen) atoms. The maximum atomic E-state index is 12.2. The fourth-order valence-electron chi connectivity index (χ4n) is 2.36. The number of imide groups is 1. The maximum absolute atomic E-state index is 12.2. The Labute approximate surface area is 133 Å². The lowest BCUT2D eigenvalue weighted by Crippen LogP contribution is -2.64. The molecule has 0 aromatic rings. The van der Waals surface area contributed by atoms with E-state index in [1.54, 1.807) is 31.9 Å². The van der Waals surface area contributed by atoms with Gasteiger partial charge in [0.1, 0.15) is 6.17 Å². The van der Waals surface area contributed by atoms with Gasteiger partial charge in [-0.3, -0.25) is 15.1 Å². The number of halogens is 1. The zero-order valence-electron chi connectivity index (χ0n) is 12.7. The molecule has 3 unspecified atom stereocenters. The molecule has 2 rings (SSSR count). The molecular weight excluding hydrogens is 310 g/mol. The zero-order chi connectivity index (χ0) is 16.4. The standard InChI is InChI=1S/C13H20ClN5O3/c1-7(14)4-5-19-9-10(16-12(19)15-6-8(2)20)18(3)13(22)17-11(9)21/h4,8-10,20H,5-6H2,1-3H3,(H,15,16)(H,17,21,22)/b7-4-. The van der Waals surface area contributed by atoms with Crippen LogP contribution in [0, 0.1) is 0 Å². The molecule has 2 fully saturated rings. The molecule has 9 heteroatoms. The van der Waals surface area contributed by atoms with Crippen LogP contribution in [-0.4, -0.2) is 71.3 Å². The van der Waals surface area contributed by atoms with Gasteiger partial charge in [-0.05, 0) is 13.8 Å². The highest BCUT2D eigenvalue weighted by Crippen LogP contribution is 2.20. The smallest absolute Gasteiger partial charge is 0.325 e. The number of nitrogens with one attached hydrogen (secondary N) is 2. The number of aliphatic imine (C=N–C) groups is 1. The largest absolute Gasteiger partial charge is 0.391 e. The Morgan fingerprint density at radius 1 is 1.55 bits per heavy atom. The number of likely N-dealkylation sites (N-methyl/N-ethyl adjacent to an activating group) is 1.